The number of rotatable bonds is 6. The van der Waals surface area contributed by atoms with Crippen molar-refractivity contribution < 1.29 is 0 Å². The van der Waals surface area contributed by atoms with Crippen molar-refractivity contribution in [1.29, 1.82) is 0 Å². The van der Waals surface area contributed by atoms with Crippen molar-refractivity contribution in [2.75, 3.05) is 0 Å². The SMILES string of the molecule is c1ccc(-c2nc(-c3ccccc3)nc(-n3c4ccccc4c4cc(-c5ccc(C6c7ccccc7-c7cccc8c7C6C(c6ccccc6)c6ccccc6-8)cc5)ccc43)n2)cc1. The van der Waals surface area contributed by atoms with Gasteiger partial charge in [-0.2, -0.15) is 9.97 Å². The predicted molar refractivity (Wildman–Crippen MR) is 261 cm³/mol. The Hall–Kier alpha value is -8.21. The van der Waals surface area contributed by atoms with Gasteiger partial charge < -0.3 is 0 Å². The van der Waals surface area contributed by atoms with Gasteiger partial charge >= 0.3 is 0 Å². The molecule has 11 aromatic rings. The van der Waals surface area contributed by atoms with Gasteiger partial charge in [0.15, 0.2) is 11.6 Å². The van der Waals surface area contributed by atoms with Crippen LogP contribution < -0.4 is 0 Å². The van der Waals surface area contributed by atoms with Crippen LogP contribution in [-0.2, 0) is 0 Å². The van der Waals surface area contributed by atoms with E-state index in [0.717, 1.165) is 38.5 Å². The van der Waals surface area contributed by atoms with Crippen molar-refractivity contribution in [1.82, 2.24) is 19.5 Å². The molecule has 3 unspecified atom stereocenters. The Morgan fingerprint density at radius 2 is 0.812 bits per heavy atom. The summed E-state index contributed by atoms with van der Waals surface area (Å²) in [4.78, 5) is 15.2. The van der Waals surface area contributed by atoms with Crippen LogP contribution in [-0.4, -0.2) is 19.5 Å². The molecule has 0 fully saturated rings. The fourth-order valence-electron chi connectivity index (χ4n) is 10.9. The van der Waals surface area contributed by atoms with Crippen LogP contribution in [0.5, 0.6) is 0 Å². The highest BCUT2D eigenvalue weighted by Crippen LogP contribution is 2.62. The third-order valence-corrected chi connectivity index (χ3v) is 13.7. The topological polar surface area (TPSA) is 43.6 Å². The minimum absolute atomic E-state index is 0.153. The lowest BCUT2D eigenvalue weighted by Crippen LogP contribution is -2.29. The van der Waals surface area contributed by atoms with Gasteiger partial charge in [-0.3, -0.25) is 4.57 Å². The monoisotopic (exact) mass is 816 g/mol. The minimum Gasteiger partial charge on any atom is -0.278 e. The van der Waals surface area contributed by atoms with Crippen molar-refractivity contribution in [3.63, 3.8) is 0 Å². The fraction of sp³-hybridized carbons (Fsp3) is 0.0500. The summed E-state index contributed by atoms with van der Waals surface area (Å²) >= 11 is 0. The molecule has 0 aliphatic heterocycles. The Labute approximate surface area is 371 Å². The van der Waals surface area contributed by atoms with Crippen molar-refractivity contribution in [3.8, 4) is 62.1 Å². The van der Waals surface area contributed by atoms with E-state index in [1.54, 1.807) is 0 Å². The number of para-hydroxylation sites is 1. The summed E-state index contributed by atoms with van der Waals surface area (Å²) in [5.74, 6) is 2.43. The van der Waals surface area contributed by atoms with Gasteiger partial charge in [0, 0.05) is 39.7 Å². The number of fused-ring (bicyclic) bond motifs is 7. The van der Waals surface area contributed by atoms with E-state index in [9.17, 15) is 0 Å². The van der Waals surface area contributed by atoms with Gasteiger partial charge in [0.25, 0.3) is 0 Å². The second-order valence-corrected chi connectivity index (χ2v) is 17.1. The van der Waals surface area contributed by atoms with Gasteiger partial charge in [0.2, 0.25) is 5.95 Å². The zero-order chi connectivity index (χ0) is 42.1. The molecule has 300 valence electrons. The van der Waals surface area contributed by atoms with Gasteiger partial charge in [-0.05, 0) is 79.4 Å². The smallest absolute Gasteiger partial charge is 0.238 e. The Balaban J connectivity index is 0.943. The molecule has 0 amide bonds. The maximum Gasteiger partial charge on any atom is 0.238 e. The molecule has 4 heteroatoms. The van der Waals surface area contributed by atoms with Crippen LogP contribution in [0.15, 0.2) is 224 Å². The standard InChI is InChI=1S/C60H40N4/c1-4-17-39(18-5-1)54-47-26-12-10-23-44(47)49-28-16-29-50-45-24-11-13-27-48(45)55(57(54)56(49)50)40-33-31-38(32-34-40)43-35-36-53-51(37-43)46-25-14-15-30-52(46)64(53)60-62-58(41-19-6-2-7-20-41)61-59(63-60)42-21-8-3-9-22-42/h1-37,54-55,57H. The highest BCUT2D eigenvalue weighted by molar-refractivity contribution is 6.10. The lowest BCUT2D eigenvalue weighted by molar-refractivity contribution is 0.530. The van der Waals surface area contributed by atoms with Crippen molar-refractivity contribution in [3.05, 3.63) is 252 Å². The van der Waals surface area contributed by atoms with Gasteiger partial charge in [-0.1, -0.05) is 206 Å². The first kappa shape index (κ1) is 36.4. The van der Waals surface area contributed by atoms with E-state index in [-0.39, 0.29) is 17.8 Å². The van der Waals surface area contributed by atoms with Crippen LogP contribution in [0.2, 0.25) is 0 Å². The zero-order valence-corrected chi connectivity index (χ0v) is 34.9. The molecule has 9 aromatic carbocycles. The van der Waals surface area contributed by atoms with Gasteiger partial charge in [-0.25, -0.2) is 4.98 Å². The molecule has 0 radical (unpaired) electrons. The van der Waals surface area contributed by atoms with E-state index in [4.69, 9.17) is 15.0 Å². The molecule has 2 aliphatic rings. The van der Waals surface area contributed by atoms with E-state index in [1.807, 2.05) is 36.4 Å². The van der Waals surface area contributed by atoms with E-state index in [0.29, 0.717) is 17.6 Å². The third-order valence-electron chi connectivity index (χ3n) is 13.7. The Bertz CT molecular complexity index is 3490. The number of aromatic nitrogens is 4. The number of hydrogen-bond acceptors (Lipinski definition) is 3. The average Bonchev–Trinajstić information content (AvgIpc) is 3.71. The number of benzene rings is 9. The van der Waals surface area contributed by atoms with E-state index in [1.165, 1.54) is 55.6 Å². The van der Waals surface area contributed by atoms with Crippen LogP contribution in [0.1, 0.15) is 45.6 Å². The second-order valence-electron chi connectivity index (χ2n) is 17.1. The largest absolute Gasteiger partial charge is 0.278 e. The molecule has 0 N–H and O–H groups in total. The number of nitrogens with zero attached hydrogens (tertiary/aromatic N) is 4. The van der Waals surface area contributed by atoms with Crippen LogP contribution >= 0.6 is 0 Å². The van der Waals surface area contributed by atoms with Crippen LogP contribution in [0.4, 0.5) is 0 Å². The first-order valence-corrected chi connectivity index (χ1v) is 22.1. The Morgan fingerprint density at radius 3 is 1.44 bits per heavy atom. The molecule has 4 nitrogen and oxygen atoms in total. The van der Waals surface area contributed by atoms with Gasteiger partial charge in [-0.15, -0.1) is 0 Å². The molecule has 0 saturated heterocycles. The minimum atomic E-state index is 0.153. The molecule has 2 heterocycles. The van der Waals surface area contributed by atoms with Crippen LogP contribution in [0.25, 0.3) is 83.9 Å². The van der Waals surface area contributed by atoms with Crippen molar-refractivity contribution in [2.24, 2.45) is 0 Å². The van der Waals surface area contributed by atoms with Crippen molar-refractivity contribution in [2.45, 2.75) is 17.8 Å². The molecule has 2 aliphatic carbocycles. The van der Waals surface area contributed by atoms with Gasteiger partial charge in [0.05, 0.1) is 11.0 Å². The summed E-state index contributed by atoms with van der Waals surface area (Å²) in [5, 5.41) is 2.30. The fourth-order valence-corrected chi connectivity index (χ4v) is 10.9. The number of hydrogen-bond donors (Lipinski definition) is 0. The normalized spacial score (nSPS) is 16.0. The molecular weight excluding hydrogens is 777 g/mol. The first-order chi connectivity index (χ1) is 31.8. The van der Waals surface area contributed by atoms with E-state index in [2.05, 4.69) is 193 Å². The van der Waals surface area contributed by atoms with Crippen LogP contribution in [0, 0.1) is 0 Å². The molecule has 3 atom stereocenters. The van der Waals surface area contributed by atoms with E-state index >= 15 is 0 Å². The Kier molecular flexibility index (Phi) is 8.38. The maximum atomic E-state index is 5.14. The summed E-state index contributed by atoms with van der Waals surface area (Å²) in [6, 6.07) is 81.5. The van der Waals surface area contributed by atoms with Crippen molar-refractivity contribution >= 4 is 21.8 Å². The Morgan fingerprint density at radius 1 is 0.328 bits per heavy atom. The summed E-state index contributed by atoms with van der Waals surface area (Å²) < 4.78 is 2.19. The maximum absolute atomic E-state index is 5.14. The summed E-state index contributed by atoms with van der Waals surface area (Å²) in [7, 11) is 0. The lowest BCUT2D eigenvalue weighted by atomic mass is 9.57. The molecule has 0 bridgehead atoms. The second kappa shape index (κ2) is 14.7. The highest BCUT2D eigenvalue weighted by atomic mass is 15.2. The molecule has 2 aromatic heterocycles. The molecular formula is C60H40N4. The average molecular weight is 817 g/mol. The van der Waals surface area contributed by atoms with Gasteiger partial charge in [0.1, 0.15) is 0 Å². The summed E-state index contributed by atoms with van der Waals surface area (Å²) in [6.45, 7) is 0. The molecule has 64 heavy (non-hydrogen) atoms. The third kappa shape index (κ3) is 5.73. The summed E-state index contributed by atoms with van der Waals surface area (Å²) in [5.41, 5.74) is 18.7. The first-order valence-electron chi connectivity index (χ1n) is 22.1. The zero-order valence-electron chi connectivity index (χ0n) is 34.9. The molecule has 0 spiro atoms. The predicted octanol–water partition coefficient (Wildman–Crippen LogP) is 14.7. The van der Waals surface area contributed by atoms with E-state index < -0.39 is 0 Å². The lowest BCUT2D eigenvalue weighted by Gasteiger charge is -2.45. The quantitative estimate of drug-likeness (QED) is 0.168. The van der Waals surface area contributed by atoms with Crippen LogP contribution in [0.3, 0.4) is 0 Å². The molecule has 13 rings (SSSR count). The highest BCUT2D eigenvalue weighted by Gasteiger charge is 2.45. The summed E-state index contributed by atoms with van der Waals surface area (Å²) in [6.07, 6.45) is 0. The molecule has 0 saturated carbocycles.